The number of allylic oxidation sites excluding steroid dienone is 8. The molecule has 0 aliphatic carbocycles. The first-order valence-electron chi connectivity index (χ1n) is 15.1. The molecule has 0 aromatic carbocycles. The maximum absolute atomic E-state index is 12.2. The molecule has 10 nitrogen and oxygen atoms in total. The summed E-state index contributed by atoms with van der Waals surface area (Å²) >= 11 is 0. The molecule has 244 valence electrons. The summed E-state index contributed by atoms with van der Waals surface area (Å²) in [7, 11) is 1.09. The summed E-state index contributed by atoms with van der Waals surface area (Å²) in [5, 5.41) is 0. The van der Waals surface area contributed by atoms with Gasteiger partial charge in [0.2, 0.25) is 0 Å². The minimum absolute atomic E-state index is 0.0520. The second-order valence-electron chi connectivity index (χ2n) is 11.2. The van der Waals surface area contributed by atoms with Gasteiger partial charge in [0, 0.05) is 13.3 Å². The molecule has 1 aliphatic heterocycles. The standard InChI is InChI=1S/C32H52NO9P/c1-6-7-18-21-30-31(42-30)22-19-16-14-12-10-8-9-11-13-15-17-20-23-32(35)41-29(26-38-28(2)34)27-40-43(36,37)39-25-24-33(3,4)5/h7,9-12,15-19,29-31H,6,8,13-14,20-27H2,1-5H3/b11-9-,12-10-,17-15-,18-7-,19-16-/t29-,30?,31?/m1/s1. The lowest BCUT2D eigenvalue weighted by Gasteiger charge is -2.28. The van der Waals surface area contributed by atoms with Crippen molar-refractivity contribution in [1.29, 1.82) is 0 Å². The monoisotopic (exact) mass is 625 g/mol. The molecule has 0 radical (unpaired) electrons. The smallest absolute Gasteiger partial charge is 0.306 e. The second kappa shape index (κ2) is 22.2. The summed E-state index contributed by atoms with van der Waals surface area (Å²) in [5.74, 6) is -1.14. The predicted molar refractivity (Wildman–Crippen MR) is 166 cm³/mol. The summed E-state index contributed by atoms with van der Waals surface area (Å²) in [6.45, 7) is 2.91. The molecular weight excluding hydrogens is 573 g/mol. The van der Waals surface area contributed by atoms with Crippen molar-refractivity contribution in [3.63, 3.8) is 0 Å². The molecular formula is C32H52NO9P. The number of ether oxygens (including phenoxy) is 3. The van der Waals surface area contributed by atoms with Gasteiger partial charge in [-0.15, -0.1) is 0 Å². The van der Waals surface area contributed by atoms with Gasteiger partial charge in [-0.3, -0.25) is 14.2 Å². The molecule has 0 aromatic rings. The zero-order valence-corrected chi connectivity index (χ0v) is 27.5. The van der Waals surface area contributed by atoms with E-state index >= 15 is 0 Å². The summed E-state index contributed by atoms with van der Waals surface area (Å²) in [4.78, 5) is 35.4. The number of carbonyl (C=O) groups is 2. The van der Waals surface area contributed by atoms with Crippen LogP contribution in [0.3, 0.4) is 0 Å². The first-order chi connectivity index (χ1) is 20.4. The van der Waals surface area contributed by atoms with Crippen molar-refractivity contribution in [2.75, 3.05) is 47.5 Å². The third kappa shape index (κ3) is 23.8. The van der Waals surface area contributed by atoms with Crippen molar-refractivity contribution >= 4 is 19.8 Å². The number of phosphoric acid groups is 1. The predicted octanol–water partition coefficient (Wildman–Crippen LogP) is 5.36. The zero-order valence-electron chi connectivity index (χ0n) is 26.6. The van der Waals surface area contributed by atoms with E-state index in [0.29, 0.717) is 29.7 Å². The largest absolute Gasteiger partial charge is 0.756 e. The Balaban J connectivity index is 2.21. The van der Waals surface area contributed by atoms with Crippen molar-refractivity contribution in [3.8, 4) is 0 Å². The molecule has 11 heteroatoms. The van der Waals surface area contributed by atoms with Gasteiger partial charge in [0.25, 0.3) is 7.82 Å². The van der Waals surface area contributed by atoms with Crippen molar-refractivity contribution in [2.45, 2.75) is 83.5 Å². The fourth-order valence-corrected chi connectivity index (χ4v) is 4.29. The summed E-state index contributed by atoms with van der Waals surface area (Å²) in [5.41, 5.74) is 0. The van der Waals surface area contributed by atoms with Gasteiger partial charge in [-0.05, 0) is 44.9 Å². The van der Waals surface area contributed by atoms with Crippen LogP contribution in [0.25, 0.3) is 0 Å². The van der Waals surface area contributed by atoms with Crippen LogP contribution < -0.4 is 4.89 Å². The van der Waals surface area contributed by atoms with Crippen LogP contribution in [-0.2, 0) is 37.4 Å². The molecule has 0 amide bonds. The minimum atomic E-state index is -4.60. The van der Waals surface area contributed by atoms with Crippen LogP contribution in [-0.4, -0.2) is 82.2 Å². The first-order valence-corrected chi connectivity index (χ1v) is 16.5. The van der Waals surface area contributed by atoms with Crippen molar-refractivity contribution in [1.82, 2.24) is 0 Å². The van der Waals surface area contributed by atoms with Gasteiger partial charge >= 0.3 is 11.9 Å². The van der Waals surface area contributed by atoms with Crippen LogP contribution in [0.2, 0.25) is 0 Å². The Kier molecular flexibility index (Phi) is 20.0. The number of quaternary nitrogens is 1. The Labute approximate surface area is 258 Å². The number of phosphoric ester groups is 1. The topological polar surface area (TPSA) is 124 Å². The van der Waals surface area contributed by atoms with E-state index in [1.165, 1.54) is 6.92 Å². The lowest BCUT2D eigenvalue weighted by molar-refractivity contribution is -0.870. The molecule has 0 bridgehead atoms. The van der Waals surface area contributed by atoms with Crippen LogP contribution in [0.15, 0.2) is 60.8 Å². The van der Waals surface area contributed by atoms with E-state index < -0.39 is 32.5 Å². The Bertz CT molecular complexity index is 997. The molecule has 1 fully saturated rings. The second-order valence-corrected chi connectivity index (χ2v) is 12.6. The van der Waals surface area contributed by atoms with Crippen LogP contribution in [0.1, 0.15) is 65.2 Å². The number of esters is 2. The van der Waals surface area contributed by atoms with E-state index in [1.54, 1.807) is 0 Å². The number of hydrogen-bond donors (Lipinski definition) is 0. The van der Waals surface area contributed by atoms with Crippen LogP contribution in [0.5, 0.6) is 0 Å². The molecule has 3 unspecified atom stereocenters. The average Bonchev–Trinajstić information content (AvgIpc) is 3.67. The molecule has 0 N–H and O–H groups in total. The SMILES string of the molecule is CC/C=C\CC1OC1C/C=C\C/C=C\C/C=C\C/C=C\CCC(=O)O[C@H](COC(C)=O)COP(=O)([O-])OCC[N+](C)(C)C. The van der Waals surface area contributed by atoms with Gasteiger partial charge < -0.3 is 32.6 Å². The number of nitrogens with zero attached hydrogens (tertiary/aromatic N) is 1. The minimum Gasteiger partial charge on any atom is -0.756 e. The highest BCUT2D eigenvalue weighted by molar-refractivity contribution is 7.45. The molecule has 1 heterocycles. The highest BCUT2D eigenvalue weighted by Crippen LogP contribution is 2.38. The first kappa shape index (κ1) is 38.7. The van der Waals surface area contributed by atoms with E-state index in [9.17, 15) is 19.0 Å². The molecule has 0 aromatic heterocycles. The quantitative estimate of drug-likeness (QED) is 0.0459. The van der Waals surface area contributed by atoms with Crippen LogP contribution in [0.4, 0.5) is 0 Å². The molecule has 43 heavy (non-hydrogen) atoms. The molecule has 1 rings (SSSR count). The third-order valence-corrected chi connectivity index (χ3v) is 6.99. The van der Waals surface area contributed by atoms with Gasteiger partial charge in [-0.25, -0.2) is 0 Å². The fourth-order valence-electron chi connectivity index (χ4n) is 3.56. The van der Waals surface area contributed by atoms with E-state index in [-0.39, 0.29) is 19.6 Å². The Morgan fingerprint density at radius 2 is 1.42 bits per heavy atom. The molecule has 1 aliphatic rings. The normalized spacial score (nSPS) is 19.6. The van der Waals surface area contributed by atoms with E-state index in [0.717, 1.165) is 38.5 Å². The van der Waals surface area contributed by atoms with Crippen LogP contribution >= 0.6 is 7.82 Å². The van der Waals surface area contributed by atoms with Crippen molar-refractivity contribution < 1.29 is 46.8 Å². The van der Waals surface area contributed by atoms with E-state index in [1.807, 2.05) is 33.3 Å². The van der Waals surface area contributed by atoms with Gasteiger partial charge in [-0.2, -0.15) is 0 Å². The van der Waals surface area contributed by atoms with Gasteiger partial charge in [0.1, 0.15) is 19.8 Å². The number of likely N-dealkylation sites (N-methyl/N-ethyl adjacent to an activating group) is 1. The Morgan fingerprint density at radius 3 is 1.98 bits per heavy atom. The summed E-state index contributed by atoms with van der Waals surface area (Å²) in [6, 6.07) is 0. The summed E-state index contributed by atoms with van der Waals surface area (Å²) < 4.78 is 38.0. The Morgan fingerprint density at radius 1 is 0.860 bits per heavy atom. The summed E-state index contributed by atoms with van der Waals surface area (Å²) in [6.07, 6.45) is 26.8. The number of hydrogen-bond acceptors (Lipinski definition) is 9. The Hall–Kier alpha value is -2.33. The van der Waals surface area contributed by atoms with E-state index in [4.69, 9.17) is 23.3 Å². The molecule has 4 atom stereocenters. The molecule has 0 spiro atoms. The highest BCUT2D eigenvalue weighted by atomic mass is 31.2. The van der Waals surface area contributed by atoms with Crippen molar-refractivity contribution in [2.24, 2.45) is 0 Å². The third-order valence-electron chi connectivity index (χ3n) is 6.03. The maximum atomic E-state index is 12.2. The zero-order chi connectivity index (χ0) is 32.0. The lowest BCUT2D eigenvalue weighted by atomic mass is 10.1. The number of epoxide rings is 1. The van der Waals surface area contributed by atoms with Crippen LogP contribution in [0, 0.1) is 0 Å². The number of carbonyl (C=O) groups excluding carboxylic acids is 2. The molecule has 1 saturated heterocycles. The van der Waals surface area contributed by atoms with Gasteiger partial charge in [0.05, 0.1) is 40.0 Å². The highest BCUT2D eigenvalue weighted by Gasteiger charge is 2.35. The van der Waals surface area contributed by atoms with Gasteiger partial charge in [0.15, 0.2) is 6.10 Å². The molecule has 0 saturated carbocycles. The number of rotatable bonds is 24. The van der Waals surface area contributed by atoms with Crippen molar-refractivity contribution in [3.05, 3.63) is 60.8 Å². The maximum Gasteiger partial charge on any atom is 0.306 e. The van der Waals surface area contributed by atoms with Gasteiger partial charge in [-0.1, -0.05) is 67.7 Å². The lowest BCUT2D eigenvalue weighted by Crippen LogP contribution is -2.37. The average molecular weight is 626 g/mol. The van der Waals surface area contributed by atoms with E-state index in [2.05, 4.69) is 55.5 Å². The fraction of sp³-hybridized carbons (Fsp3) is 0.625.